The van der Waals surface area contributed by atoms with Crippen molar-refractivity contribution in [3.8, 4) is 0 Å². The van der Waals surface area contributed by atoms with Crippen LogP contribution in [0.4, 0.5) is 0 Å². The zero-order valence-corrected chi connectivity index (χ0v) is 11.1. The van der Waals surface area contributed by atoms with Gasteiger partial charge in [-0.2, -0.15) is 0 Å². The van der Waals surface area contributed by atoms with Crippen molar-refractivity contribution in [1.29, 1.82) is 0 Å². The summed E-state index contributed by atoms with van der Waals surface area (Å²) in [5.74, 6) is -0.220. The Bertz CT molecular complexity index is 333. The number of hydrogen-bond donors (Lipinski definition) is 1. The minimum atomic E-state index is -0.260. The number of thiophene rings is 1. The van der Waals surface area contributed by atoms with Crippen molar-refractivity contribution < 1.29 is 9.53 Å². The average Bonchev–Trinajstić information content (AvgIpc) is 2.78. The van der Waals surface area contributed by atoms with Gasteiger partial charge in [0.2, 0.25) is 0 Å². The summed E-state index contributed by atoms with van der Waals surface area (Å²) < 4.78 is 4.67. The molecule has 0 saturated heterocycles. The van der Waals surface area contributed by atoms with E-state index in [1.807, 2.05) is 13.0 Å². The molecule has 0 saturated carbocycles. The summed E-state index contributed by atoms with van der Waals surface area (Å²) in [6.07, 6.45) is 0. The third-order valence-electron chi connectivity index (χ3n) is 2.59. The third-order valence-corrected chi connectivity index (χ3v) is 3.83. The first-order valence-corrected chi connectivity index (χ1v) is 6.20. The lowest BCUT2D eigenvalue weighted by Gasteiger charge is -2.25. The summed E-state index contributed by atoms with van der Waals surface area (Å²) in [7, 11) is 1.41. The Morgan fingerprint density at radius 2 is 2.31 bits per heavy atom. The lowest BCUT2D eigenvalue weighted by molar-refractivity contribution is -0.142. The largest absolute Gasteiger partial charge is 0.468 e. The van der Waals surface area contributed by atoms with E-state index in [0.717, 1.165) is 6.54 Å². The van der Waals surface area contributed by atoms with Gasteiger partial charge in [-0.15, -0.1) is 11.3 Å². The van der Waals surface area contributed by atoms with Crippen LogP contribution in [0.25, 0.3) is 0 Å². The highest BCUT2D eigenvalue weighted by Gasteiger charge is 2.23. The average molecular weight is 241 g/mol. The first kappa shape index (κ1) is 13.2. The molecular weight excluding hydrogens is 222 g/mol. The minimum Gasteiger partial charge on any atom is -0.468 e. The molecule has 16 heavy (non-hydrogen) atoms. The molecule has 0 spiro atoms. The Morgan fingerprint density at radius 1 is 1.62 bits per heavy atom. The molecule has 3 nitrogen and oxygen atoms in total. The number of rotatable bonds is 5. The molecule has 0 aliphatic carbocycles. The molecule has 4 heteroatoms. The number of methoxy groups -OCH3 is 1. The van der Waals surface area contributed by atoms with Crippen LogP contribution in [0.15, 0.2) is 17.5 Å². The van der Waals surface area contributed by atoms with Crippen LogP contribution in [-0.4, -0.2) is 25.7 Å². The highest BCUT2D eigenvalue weighted by Crippen LogP contribution is 2.26. The van der Waals surface area contributed by atoms with Crippen LogP contribution in [-0.2, 0) is 14.9 Å². The molecule has 90 valence electrons. The highest BCUT2D eigenvalue weighted by atomic mass is 32.1. The van der Waals surface area contributed by atoms with Crippen LogP contribution in [0.2, 0.25) is 0 Å². The van der Waals surface area contributed by atoms with Gasteiger partial charge in [0.1, 0.15) is 6.04 Å². The van der Waals surface area contributed by atoms with Gasteiger partial charge in [-0.05, 0) is 18.4 Å². The van der Waals surface area contributed by atoms with Crippen molar-refractivity contribution in [3.05, 3.63) is 22.4 Å². The number of nitrogens with one attached hydrogen (secondary N) is 1. The van der Waals surface area contributed by atoms with Crippen LogP contribution < -0.4 is 5.32 Å². The quantitative estimate of drug-likeness (QED) is 0.803. The molecule has 1 aromatic rings. The fraction of sp³-hybridized carbons (Fsp3) is 0.583. The second-order valence-electron chi connectivity index (χ2n) is 4.49. The fourth-order valence-electron chi connectivity index (χ4n) is 1.42. The van der Waals surface area contributed by atoms with Crippen LogP contribution in [0.5, 0.6) is 0 Å². The summed E-state index contributed by atoms with van der Waals surface area (Å²) in [6.45, 7) is 6.89. The maximum absolute atomic E-state index is 11.2. The van der Waals surface area contributed by atoms with E-state index in [1.165, 1.54) is 12.0 Å². The topological polar surface area (TPSA) is 38.3 Å². The standard InChI is InChI=1S/C12H19NO2S/c1-9(11(14)15-4)13-8-12(2,3)10-6-5-7-16-10/h5-7,9,13H,8H2,1-4H3. The number of esters is 1. The number of hydrogen-bond acceptors (Lipinski definition) is 4. The fourth-order valence-corrected chi connectivity index (χ4v) is 2.27. The van der Waals surface area contributed by atoms with E-state index in [0.29, 0.717) is 0 Å². The summed E-state index contributed by atoms with van der Waals surface area (Å²) >= 11 is 1.74. The smallest absolute Gasteiger partial charge is 0.322 e. The zero-order chi connectivity index (χ0) is 12.2. The second kappa shape index (κ2) is 5.46. The van der Waals surface area contributed by atoms with E-state index in [2.05, 4.69) is 35.3 Å². The molecule has 0 amide bonds. The summed E-state index contributed by atoms with van der Waals surface area (Å²) in [5, 5.41) is 5.26. The molecule has 1 N–H and O–H groups in total. The second-order valence-corrected chi connectivity index (χ2v) is 5.43. The van der Waals surface area contributed by atoms with E-state index in [9.17, 15) is 4.79 Å². The maximum Gasteiger partial charge on any atom is 0.322 e. The molecule has 1 unspecified atom stereocenters. The summed E-state index contributed by atoms with van der Waals surface area (Å²) in [6, 6.07) is 3.91. The van der Waals surface area contributed by atoms with E-state index in [1.54, 1.807) is 11.3 Å². The summed E-state index contributed by atoms with van der Waals surface area (Å²) in [4.78, 5) is 12.5. The molecule has 0 fully saturated rings. The Hall–Kier alpha value is -0.870. The van der Waals surface area contributed by atoms with Crippen LogP contribution in [0.1, 0.15) is 25.6 Å². The van der Waals surface area contributed by atoms with Gasteiger partial charge in [0, 0.05) is 16.8 Å². The first-order chi connectivity index (χ1) is 7.47. The van der Waals surface area contributed by atoms with Gasteiger partial charge in [-0.25, -0.2) is 0 Å². The van der Waals surface area contributed by atoms with Crippen LogP contribution >= 0.6 is 11.3 Å². The monoisotopic (exact) mass is 241 g/mol. The zero-order valence-electron chi connectivity index (χ0n) is 10.2. The first-order valence-electron chi connectivity index (χ1n) is 5.32. The van der Waals surface area contributed by atoms with Crippen molar-refractivity contribution in [1.82, 2.24) is 5.32 Å². The lowest BCUT2D eigenvalue weighted by atomic mass is 9.91. The molecule has 0 aliphatic rings. The van der Waals surface area contributed by atoms with Gasteiger partial charge in [0.05, 0.1) is 7.11 Å². The molecule has 1 heterocycles. The Labute approximate surface area is 101 Å². The predicted octanol–water partition coefficient (Wildman–Crippen LogP) is 2.18. The van der Waals surface area contributed by atoms with E-state index >= 15 is 0 Å². The van der Waals surface area contributed by atoms with Gasteiger partial charge in [0.15, 0.2) is 0 Å². The predicted molar refractivity (Wildman–Crippen MR) is 66.8 cm³/mol. The Balaban J connectivity index is 2.51. The van der Waals surface area contributed by atoms with Crippen LogP contribution in [0, 0.1) is 0 Å². The maximum atomic E-state index is 11.2. The van der Waals surface area contributed by atoms with Gasteiger partial charge in [-0.1, -0.05) is 19.9 Å². The molecular formula is C12H19NO2S. The Kier molecular flexibility index (Phi) is 4.50. The van der Waals surface area contributed by atoms with Gasteiger partial charge in [0.25, 0.3) is 0 Å². The van der Waals surface area contributed by atoms with E-state index in [4.69, 9.17) is 0 Å². The molecule has 1 rings (SSSR count). The van der Waals surface area contributed by atoms with Crippen molar-refractivity contribution in [2.24, 2.45) is 0 Å². The minimum absolute atomic E-state index is 0.0381. The lowest BCUT2D eigenvalue weighted by Crippen LogP contribution is -2.41. The van der Waals surface area contributed by atoms with Crippen LogP contribution in [0.3, 0.4) is 0 Å². The van der Waals surface area contributed by atoms with Gasteiger partial charge < -0.3 is 10.1 Å². The number of carbonyl (C=O) groups excluding carboxylic acids is 1. The molecule has 0 bridgehead atoms. The number of carbonyl (C=O) groups is 1. The Morgan fingerprint density at radius 3 is 2.81 bits per heavy atom. The van der Waals surface area contributed by atoms with Crippen molar-refractivity contribution in [3.63, 3.8) is 0 Å². The van der Waals surface area contributed by atoms with Gasteiger partial charge in [-0.3, -0.25) is 4.79 Å². The van der Waals surface area contributed by atoms with Crippen molar-refractivity contribution in [2.75, 3.05) is 13.7 Å². The molecule has 0 aromatic carbocycles. The normalized spacial score (nSPS) is 13.5. The third kappa shape index (κ3) is 3.32. The van der Waals surface area contributed by atoms with Gasteiger partial charge >= 0.3 is 5.97 Å². The summed E-state index contributed by atoms with van der Waals surface area (Å²) in [5.41, 5.74) is 0.0381. The number of ether oxygens (including phenoxy) is 1. The molecule has 1 aromatic heterocycles. The van der Waals surface area contributed by atoms with E-state index < -0.39 is 0 Å². The highest BCUT2D eigenvalue weighted by molar-refractivity contribution is 7.10. The molecule has 1 atom stereocenters. The molecule has 0 radical (unpaired) electrons. The molecule has 0 aliphatic heterocycles. The SMILES string of the molecule is COC(=O)C(C)NCC(C)(C)c1cccs1. The van der Waals surface area contributed by atoms with Crippen molar-refractivity contribution in [2.45, 2.75) is 32.2 Å². The van der Waals surface area contributed by atoms with E-state index in [-0.39, 0.29) is 17.4 Å². The van der Waals surface area contributed by atoms with Crippen molar-refractivity contribution >= 4 is 17.3 Å².